The van der Waals surface area contributed by atoms with Crippen LogP contribution in [0.5, 0.6) is 0 Å². The second kappa shape index (κ2) is 7.04. The van der Waals surface area contributed by atoms with Crippen LogP contribution in [0.4, 0.5) is 23.1 Å². The first-order valence-corrected chi connectivity index (χ1v) is 9.96. The van der Waals surface area contributed by atoms with E-state index in [2.05, 4.69) is 25.6 Å². The van der Waals surface area contributed by atoms with Crippen molar-refractivity contribution in [2.45, 2.75) is 11.8 Å². The second-order valence-corrected chi connectivity index (χ2v) is 7.77. The van der Waals surface area contributed by atoms with E-state index in [4.69, 9.17) is 9.56 Å². The summed E-state index contributed by atoms with van der Waals surface area (Å²) < 4.78 is 28.6. The molecule has 0 radical (unpaired) electrons. The molecule has 0 amide bonds. The third kappa shape index (κ3) is 3.95. The van der Waals surface area contributed by atoms with Gasteiger partial charge in [0.25, 0.3) is 0 Å². The number of fused-ring (bicyclic) bond motifs is 1. The Kier molecular flexibility index (Phi) is 4.53. The number of anilines is 4. The number of aromatic amines is 1. The van der Waals surface area contributed by atoms with E-state index >= 15 is 0 Å². The number of sulfonamides is 1. The van der Waals surface area contributed by atoms with E-state index in [0.29, 0.717) is 22.6 Å². The molecule has 0 aliphatic rings. The van der Waals surface area contributed by atoms with Crippen molar-refractivity contribution >= 4 is 44.3 Å². The zero-order valence-corrected chi connectivity index (χ0v) is 15.9. The Labute approximate surface area is 164 Å². The minimum atomic E-state index is -3.91. The molecule has 2 heterocycles. The van der Waals surface area contributed by atoms with Gasteiger partial charge in [0.15, 0.2) is 5.58 Å². The Morgan fingerprint density at radius 2 is 1.93 bits per heavy atom. The maximum Gasteiger partial charge on any atom is 0.417 e. The number of nitrogens with zero attached hydrogens (tertiary/aromatic N) is 2. The second-order valence-electron chi connectivity index (χ2n) is 6.24. The number of nitrogens with two attached hydrogens (primary N) is 1. The number of aryl methyl sites for hydroxylation is 1. The Morgan fingerprint density at radius 3 is 2.72 bits per heavy atom. The van der Waals surface area contributed by atoms with Crippen LogP contribution >= 0.6 is 0 Å². The predicted molar refractivity (Wildman–Crippen MR) is 108 cm³/mol. The van der Waals surface area contributed by atoms with Gasteiger partial charge in [-0.15, -0.1) is 0 Å². The van der Waals surface area contributed by atoms with Crippen LogP contribution in [0.3, 0.4) is 0 Å². The number of H-pyrrole nitrogens is 1. The van der Waals surface area contributed by atoms with Crippen molar-refractivity contribution in [3.8, 4) is 0 Å². The monoisotopic (exact) mass is 412 g/mol. The van der Waals surface area contributed by atoms with Crippen molar-refractivity contribution in [2.75, 3.05) is 10.6 Å². The first-order valence-electron chi connectivity index (χ1n) is 8.42. The average Bonchev–Trinajstić information content (AvgIpc) is 3.03. The van der Waals surface area contributed by atoms with E-state index in [0.717, 1.165) is 5.56 Å². The molecule has 0 bridgehead atoms. The largest absolute Gasteiger partial charge is 0.417 e. The molecule has 29 heavy (non-hydrogen) atoms. The van der Waals surface area contributed by atoms with E-state index in [9.17, 15) is 13.2 Å². The predicted octanol–water partition coefficient (Wildman–Crippen LogP) is 2.35. The molecular weight excluding hydrogens is 396 g/mol. The van der Waals surface area contributed by atoms with Gasteiger partial charge in [-0.1, -0.05) is 12.1 Å². The van der Waals surface area contributed by atoms with Gasteiger partial charge in [0.05, 0.1) is 11.2 Å². The lowest BCUT2D eigenvalue weighted by Crippen LogP contribution is -2.14. The van der Waals surface area contributed by atoms with Crippen LogP contribution in [0, 0.1) is 6.92 Å². The molecular formula is C18H16N6O4S. The molecule has 0 fully saturated rings. The van der Waals surface area contributed by atoms with Gasteiger partial charge in [0, 0.05) is 23.5 Å². The summed E-state index contributed by atoms with van der Waals surface area (Å²) in [7, 11) is -3.91. The highest BCUT2D eigenvalue weighted by Crippen LogP contribution is 2.25. The summed E-state index contributed by atoms with van der Waals surface area (Å²) in [5, 5.41) is 11.3. The molecule has 148 valence electrons. The quantitative estimate of drug-likeness (QED) is 0.389. The zero-order chi connectivity index (χ0) is 20.6. The van der Waals surface area contributed by atoms with Gasteiger partial charge in [-0.2, -0.15) is 4.98 Å². The molecule has 0 aliphatic heterocycles. The fourth-order valence-corrected chi connectivity index (χ4v) is 3.42. The summed E-state index contributed by atoms with van der Waals surface area (Å²) in [5.41, 5.74) is 2.67. The molecule has 4 rings (SSSR count). The Morgan fingerprint density at radius 1 is 1.14 bits per heavy atom. The summed E-state index contributed by atoms with van der Waals surface area (Å²) in [6.45, 7) is 1.82. The SMILES string of the molecule is Cc1cnc(Nc2ccccc2S(N)(=O)=O)nc1Nc1ccc2[nH]c(=O)oc2c1. The van der Waals surface area contributed by atoms with E-state index in [1.165, 1.54) is 6.07 Å². The lowest BCUT2D eigenvalue weighted by Gasteiger charge is -2.12. The first-order chi connectivity index (χ1) is 13.8. The van der Waals surface area contributed by atoms with Crippen LogP contribution in [0.25, 0.3) is 11.1 Å². The van der Waals surface area contributed by atoms with Crippen molar-refractivity contribution in [1.82, 2.24) is 15.0 Å². The third-order valence-corrected chi connectivity index (χ3v) is 5.06. The van der Waals surface area contributed by atoms with Crippen LogP contribution < -0.4 is 21.5 Å². The number of nitrogens with one attached hydrogen (secondary N) is 3. The smallest absolute Gasteiger partial charge is 0.408 e. The van der Waals surface area contributed by atoms with Crippen molar-refractivity contribution in [1.29, 1.82) is 0 Å². The number of primary sulfonamides is 1. The maximum atomic E-state index is 11.8. The van der Waals surface area contributed by atoms with E-state index < -0.39 is 15.8 Å². The lowest BCUT2D eigenvalue weighted by atomic mass is 10.2. The van der Waals surface area contributed by atoms with Gasteiger partial charge in [0.1, 0.15) is 10.7 Å². The Balaban J connectivity index is 1.65. The summed E-state index contributed by atoms with van der Waals surface area (Å²) in [4.78, 5) is 22.4. The molecule has 2 aromatic heterocycles. The van der Waals surface area contributed by atoms with Gasteiger partial charge in [-0.3, -0.25) is 4.98 Å². The number of rotatable bonds is 5. The van der Waals surface area contributed by atoms with Crippen LogP contribution in [-0.4, -0.2) is 23.4 Å². The summed E-state index contributed by atoms with van der Waals surface area (Å²) in [6, 6.07) is 11.3. The van der Waals surface area contributed by atoms with Gasteiger partial charge in [0.2, 0.25) is 16.0 Å². The van der Waals surface area contributed by atoms with Crippen LogP contribution in [0.1, 0.15) is 5.56 Å². The minimum absolute atomic E-state index is 0.0633. The molecule has 5 N–H and O–H groups in total. The number of benzene rings is 2. The number of para-hydroxylation sites is 1. The third-order valence-electron chi connectivity index (χ3n) is 4.10. The topological polar surface area (TPSA) is 156 Å². The molecule has 4 aromatic rings. The van der Waals surface area contributed by atoms with E-state index in [1.807, 2.05) is 6.92 Å². The Hall–Kier alpha value is -3.70. The molecule has 0 spiro atoms. The van der Waals surface area contributed by atoms with Crippen LogP contribution in [-0.2, 0) is 10.0 Å². The molecule has 0 atom stereocenters. The van der Waals surface area contributed by atoms with E-state index in [-0.39, 0.29) is 16.5 Å². The molecule has 0 saturated heterocycles. The van der Waals surface area contributed by atoms with Crippen molar-refractivity contribution < 1.29 is 12.8 Å². The average molecular weight is 412 g/mol. The van der Waals surface area contributed by atoms with Gasteiger partial charge in [-0.05, 0) is 31.2 Å². The van der Waals surface area contributed by atoms with Crippen LogP contribution in [0.2, 0.25) is 0 Å². The van der Waals surface area contributed by atoms with Gasteiger partial charge in [-0.25, -0.2) is 23.3 Å². The molecule has 0 saturated carbocycles. The standard InChI is InChI=1S/C18H16N6O4S/c1-10-9-20-17(22-13-4-2-3-5-15(13)29(19,26)27)24-16(10)21-11-6-7-12-14(8-11)28-18(25)23-12/h2-9H,1H3,(H,23,25)(H2,19,26,27)(H2,20,21,22,24). The fraction of sp³-hybridized carbons (Fsp3) is 0.0556. The van der Waals surface area contributed by atoms with Gasteiger partial charge < -0.3 is 15.1 Å². The summed E-state index contributed by atoms with van der Waals surface area (Å²) >= 11 is 0. The highest BCUT2D eigenvalue weighted by molar-refractivity contribution is 7.89. The van der Waals surface area contributed by atoms with Gasteiger partial charge >= 0.3 is 5.76 Å². The molecule has 0 unspecified atom stereocenters. The number of aromatic nitrogens is 3. The molecule has 2 aromatic carbocycles. The molecule has 0 aliphatic carbocycles. The van der Waals surface area contributed by atoms with Crippen molar-refractivity contribution in [3.05, 3.63) is 64.8 Å². The molecule has 10 nitrogen and oxygen atoms in total. The van der Waals surface area contributed by atoms with Crippen molar-refractivity contribution in [3.63, 3.8) is 0 Å². The minimum Gasteiger partial charge on any atom is -0.408 e. The maximum absolute atomic E-state index is 11.8. The number of hydrogen-bond donors (Lipinski definition) is 4. The lowest BCUT2D eigenvalue weighted by molar-refractivity contribution is 0.555. The fourth-order valence-electron chi connectivity index (χ4n) is 2.73. The summed E-state index contributed by atoms with van der Waals surface area (Å²) in [5.74, 6) is 0.145. The first kappa shape index (κ1) is 18.7. The van der Waals surface area contributed by atoms with Crippen LogP contribution in [0.15, 0.2) is 62.8 Å². The normalized spacial score (nSPS) is 11.5. The molecule has 11 heteroatoms. The van der Waals surface area contributed by atoms with Crippen molar-refractivity contribution in [2.24, 2.45) is 5.14 Å². The number of oxazole rings is 1. The highest BCUT2D eigenvalue weighted by atomic mass is 32.2. The summed E-state index contributed by atoms with van der Waals surface area (Å²) in [6.07, 6.45) is 1.59. The zero-order valence-electron chi connectivity index (χ0n) is 15.1. The number of hydrogen-bond acceptors (Lipinski definition) is 8. The Bertz CT molecular complexity index is 1380. The highest BCUT2D eigenvalue weighted by Gasteiger charge is 2.14. The van der Waals surface area contributed by atoms with E-state index in [1.54, 1.807) is 42.6 Å².